The Bertz CT molecular complexity index is 673. The van der Waals surface area contributed by atoms with Crippen LogP contribution in [0.15, 0.2) is 23.1 Å². The van der Waals surface area contributed by atoms with E-state index in [1.807, 2.05) is 0 Å². The fourth-order valence-corrected chi connectivity index (χ4v) is 3.21. The third kappa shape index (κ3) is 3.73. The standard InChI is InChI=1S/C11H13FN2O6S/c1-7(2)13(6-11(15)16)21(19,20)8-3-4-9(12)10(5-8)14(17)18/h3-5,7H,6H2,1-2H3,(H,15,16). The molecule has 0 bridgehead atoms. The van der Waals surface area contributed by atoms with E-state index in [2.05, 4.69) is 0 Å². The molecule has 1 aromatic carbocycles. The molecule has 0 amide bonds. The van der Waals surface area contributed by atoms with Crippen molar-refractivity contribution in [2.75, 3.05) is 6.54 Å². The van der Waals surface area contributed by atoms with Crippen LogP contribution in [0.1, 0.15) is 13.8 Å². The second kappa shape index (κ2) is 6.14. The summed E-state index contributed by atoms with van der Waals surface area (Å²) in [5.74, 6) is -2.54. The first kappa shape index (κ1) is 17.0. The number of sulfonamides is 1. The summed E-state index contributed by atoms with van der Waals surface area (Å²) in [6, 6.07) is 1.40. The zero-order valence-electron chi connectivity index (χ0n) is 11.2. The van der Waals surface area contributed by atoms with Crippen molar-refractivity contribution < 1.29 is 27.6 Å². The summed E-state index contributed by atoms with van der Waals surface area (Å²) >= 11 is 0. The topological polar surface area (TPSA) is 118 Å². The summed E-state index contributed by atoms with van der Waals surface area (Å²) < 4.78 is 38.5. The third-order valence-corrected chi connectivity index (χ3v) is 4.61. The first-order valence-electron chi connectivity index (χ1n) is 5.75. The number of nitro benzene ring substituents is 1. The highest BCUT2D eigenvalue weighted by Crippen LogP contribution is 2.24. The molecule has 0 saturated carbocycles. The lowest BCUT2D eigenvalue weighted by Gasteiger charge is -2.23. The van der Waals surface area contributed by atoms with E-state index in [0.717, 1.165) is 6.07 Å². The van der Waals surface area contributed by atoms with Crippen molar-refractivity contribution >= 4 is 21.7 Å². The monoisotopic (exact) mass is 320 g/mol. The molecule has 21 heavy (non-hydrogen) atoms. The van der Waals surface area contributed by atoms with Gasteiger partial charge in [0.2, 0.25) is 15.8 Å². The van der Waals surface area contributed by atoms with Crippen LogP contribution in [0.5, 0.6) is 0 Å². The molecule has 0 saturated heterocycles. The average Bonchev–Trinajstić information content (AvgIpc) is 2.35. The fourth-order valence-electron chi connectivity index (χ4n) is 1.61. The molecule has 0 heterocycles. The lowest BCUT2D eigenvalue weighted by Crippen LogP contribution is -2.40. The van der Waals surface area contributed by atoms with Crippen LogP contribution < -0.4 is 0 Å². The number of nitro groups is 1. The fraction of sp³-hybridized carbons (Fsp3) is 0.364. The Morgan fingerprint density at radius 1 is 1.48 bits per heavy atom. The van der Waals surface area contributed by atoms with Crippen LogP contribution in [0.4, 0.5) is 10.1 Å². The van der Waals surface area contributed by atoms with Crippen molar-refractivity contribution in [1.29, 1.82) is 0 Å². The number of halogens is 1. The SMILES string of the molecule is CC(C)N(CC(=O)O)S(=O)(=O)c1ccc(F)c([N+](=O)[O-])c1. The largest absolute Gasteiger partial charge is 0.480 e. The molecule has 0 spiro atoms. The summed E-state index contributed by atoms with van der Waals surface area (Å²) in [4.78, 5) is 19.8. The van der Waals surface area contributed by atoms with Gasteiger partial charge in [0.1, 0.15) is 6.54 Å². The quantitative estimate of drug-likeness (QED) is 0.622. The van der Waals surface area contributed by atoms with Gasteiger partial charge in [0, 0.05) is 12.1 Å². The second-order valence-electron chi connectivity index (χ2n) is 4.41. The summed E-state index contributed by atoms with van der Waals surface area (Å²) in [7, 11) is -4.29. The molecule has 0 aliphatic heterocycles. The smallest absolute Gasteiger partial charge is 0.318 e. The number of carbonyl (C=O) groups is 1. The van der Waals surface area contributed by atoms with E-state index in [-0.39, 0.29) is 0 Å². The molecule has 0 aliphatic rings. The first-order valence-corrected chi connectivity index (χ1v) is 7.19. The molecule has 0 radical (unpaired) electrons. The Kier molecular flexibility index (Phi) is 4.97. The van der Waals surface area contributed by atoms with Crippen molar-refractivity contribution in [3.8, 4) is 0 Å². The van der Waals surface area contributed by atoms with Crippen molar-refractivity contribution in [2.45, 2.75) is 24.8 Å². The summed E-state index contributed by atoms with van der Waals surface area (Å²) in [6.07, 6.45) is 0. The molecule has 1 N–H and O–H groups in total. The summed E-state index contributed by atoms with van der Waals surface area (Å²) in [5.41, 5.74) is -0.991. The molecule has 0 fully saturated rings. The van der Waals surface area contributed by atoms with Gasteiger partial charge in [-0.05, 0) is 26.0 Å². The molecule has 10 heteroatoms. The molecule has 0 atom stereocenters. The summed E-state index contributed by atoms with van der Waals surface area (Å²) in [6.45, 7) is 2.11. The highest BCUT2D eigenvalue weighted by molar-refractivity contribution is 7.89. The number of nitrogens with zero attached hydrogens (tertiary/aromatic N) is 2. The molecular weight excluding hydrogens is 307 g/mol. The summed E-state index contributed by atoms with van der Waals surface area (Å²) in [5, 5.41) is 19.4. The first-order chi connectivity index (χ1) is 9.57. The van der Waals surface area contributed by atoms with Crippen molar-refractivity contribution in [1.82, 2.24) is 4.31 Å². The van der Waals surface area contributed by atoms with Crippen molar-refractivity contribution in [2.24, 2.45) is 0 Å². The van der Waals surface area contributed by atoms with Crippen molar-refractivity contribution in [3.63, 3.8) is 0 Å². The maximum atomic E-state index is 13.2. The highest BCUT2D eigenvalue weighted by Gasteiger charge is 2.31. The van der Waals surface area contributed by atoms with Crippen LogP contribution in [0.25, 0.3) is 0 Å². The third-order valence-electron chi connectivity index (χ3n) is 2.59. The van der Waals surface area contributed by atoms with Crippen LogP contribution in [-0.2, 0) is 14.8 Å². The second-order valence-corrected chi connectivity index (χ2v) is 6.30. The van der Waals surface area contributed by atoms with Crippen LogP contribution in [0, 0.1) is 15.9 Å². The highest BCUT2D eigenvalue weighted by atomic mass is 32.2. The number of rotatable bonds is 6. The zero-order valence-corrected chi connectivity index (χ0v) is 12.0. The van der Waals surface area contributed by atoms with E-state index in [1.165, 1.54) is 13.8 Å². The molecule has 1 rings (SSSR count). The van der Waals surface area contributed by atoms with E-state index in [1.54, 1.807) is 0 Å². The van der Waals surface area contributed by atoms with Crippen LogP contribution >= 0.6 is 0 Å². The van der Waals surface area contributed by atoms with E-state index in [9.17, 15) is 27.7 Å². The van der Waals surface area contributed by atoms with Crippen molar-refractivity contribution in [3.05, 3.63) is 34.1 Å². The Balaban J connectivity index is 3.38. The molecule has 0 unspecified atom stereocenters. The predicted octanol–water partition coefficient (Wildman–Crippen LogP) is 1.22. The maximum absolute atomic E-state index is 13.2. The molecular formula is C11H13FN2O6S. The number of hydrogen-bond acceptors (Lipinski definition) is 5. The van der Waals surface area contributed by atoms with E-state index in [4.69, 9.17) is 5.11 Å². The van der Waals surface area contributed by atoms with Gasteiger partial charge in [0.05, 0.1) is 9.82 Å². The van der Waals surface area contributed by atoms with Gasteiger partial charge in [-0.15, -0.1) is 0 Å². The molecule has 0 aromatic heterocycles. The Labute approximate surface area is 120 Å². The van der Waals surface area contributed by atoms with E-state index >= 15 is 0 Å². The minimum Gasteiger partial charge on any atom is -0.480 e. The number of carboxylic acids is 1. The normalized spacial score (nSPS) is 11.9. The van der Waals surface area contributed by atoms with Gasteiger partial charge in [0.25, 0.3) is 0 Å². The average molecular weight is 320 g/mol. The maximum Gasteiger partial charge on any atom is 0.318 e. The number of aliphatic carboxylic acids is 1. The molecule has 0 aliphatic carbocycles. The molecule has 116 valence electrons. The van der Waals surface area contributed by atoms with Crippen LogP contribution in [0.3, 0.4) is 0 Å². The molecule has 8 nitrogen and oxygen atoms in total. The minimum absolute atomic E-state index is 0.537. The number of benzene rings is 1. The van der Waals surface area contributed by atoms with Gasteiger partial charge < -0.3 is 5.11 Å². The number of hydrogen-bond donors (Lipinski definition) is 1. The van der Waals surface area contributed by atoms with Gasteiger partial charge >= 0.3 is 11.7 Å². The van der Waals surface area contributed by atoms with Gasteiger partial charge in [-0.2, -0.15) is 8.70 Å². The Morgan fingerprint density at radius 2 is 2.05 bits per heavy atom. The molecule has 1 aromatic rings. The van der Waals surface area contributed by atoms with Gasteiger partial charge in [-0.25, -0.2) is 8.42 Å². The van der Waals surface area contributed by atoms with Gasteiger partial charge in [-0.1, -0.05) is 0 Å². The van der Waals surface area contributed by atoms with E-state index < -0.39 is 49.9 Å². The van der Waals surface area contributed by atoms with E-state index in [0.29, 0.717) is 16.4 Å². The predicted molar refractivity (Wildman–Crippen MR) is 69.7 cm³/mol. The minimum atomic E-state index is -4.29. The lowest BCUT2D eigenvalue weighted by molar-refractivity contribution is -0.387. The Hall–Kier alpha value is -2.07. The Morgan fingerprint density at radius 3 is 2.48 bits per heavy atom. The lowest BCUT2D eigenvalue weighted by atomic mass is 10.3. The van der Waals surface area contributed by atoms with Crippen LogP contribution in [0.2, 0.25) is 0 Å². The van der Waals surface area contributed by atoms with Gasteiger partial charge in [0.15, 0.2) is 0 Å². The van der Waals surface area contributed by atoms with Gasteiger partial charge in [-0.3, -0.25) is 14.9 Å². The zero-order chi connectivity index (χ0) is 16.4. The van der Waals surface area contributed by atoms with Crippen LogP contribution in [-0.4, -0.2) is 41.3 Å². The number of carboxylic acid groups (broad SMARTS) is 1.